The Labute approximate surface area is 210 Å². The van der Waals surface area contributed by atoms with Crippen molar-refractivity contribution in [2.24, 2.45) is 16.0 Å². The second-order valence-corrected chi connectivity index (χ2v) is 9.47. The Morgan fingerprint density at radius 2 is 1.66 bits per heavy atom. The van der Waals surface area contributed by atoms with Crippen LogP contribution in [-0.4, -0.2) is 40.2 Å². The zero-order valence-corrected chi connectivity index (χ0v) is 21.3. The average molecular weight is 491 g/mol. The number of ether oxygens (including phenoxy) is 2. The first kappa shape index (κ1) is 24.7. The molecule has 2 heterocycles. The molecule has 2 aliphatic heterocycles. The zero-order chi connectivity index (χ0) is 24.9. The van der Waals surface area contributed by atoms with E-state index in [4.69, 9.17) is 14.9 Å². The molecule has 35 heavy (non-hydrogen) atoms. The van der Waals surface area contributed by atoms with E-state index in [1.165, 1.54) is 27.9 Å². The molecule has 2 aromatic rings. The third-order valence-corrected chi connectivity index (χ3v) is 7.17. The average Bonchev–Trinajstić information content (AvgIpc) is 3.27. The Bertz CT molecular complexity index is 1210. The number of aliphatic imine (C=N–C) groups is 1. The molecule has 7 nitrogen and oxygen atoms in total. The fourth-order valence-electron chi connectivity index (χ4n) is 3.76. The first-order valence-corrected chi connectivity index (χ1v) is 12.6. The molecule has 1 amide bonds. The van der Waals surface area contributed by atoms with Crippen LogP contribution in [0.3, 0.4) is 0 Å². The highest BCUT2D eigenvalue weighted by molar-refractivity contribution is 8.27. The number of hydrogen-bond donors (Lipinski definition) is 1. The lowest BCUT2D eigenvalue weighted by atomic mass is 10.1. The molecule has 0 atom stereocenters. The van der Waals surface area contributed by atoms with Gasteiger partial charge < -0.3 is 9.47 Å². The molecule has 0 spiro atoms. The highest BCUT2D eigenvalue weighted by Crippen LogP contribution is 2.33. The van der Waals surface area contributed by atoms with Gasteiger partial charge in [-0.05, 0) is 85.5 Å². The number of aryl methyl sites for hydroxylation is 2. The van der Waals surface area contributed by atoms with E-state index in [-0.39, 0.29) is 11.4 Å². The molecular formula is C27H30N4O3S. The molecule has 2 aliphatic rings. The maximum Gasteiger partial charge on any atom is 0.283 e. The van der Waals surface area contributed by atoms with Crippen LogP contribution in [-0.2, 0) is 4.79 Å². The summed E-state index contributed by atoms with van der Waals surface area (Å²) in [7, 11) is 0. The minimum absolute atomic E-state index is 0.0530. The van der Waals surface area contributed by atoms with Gasteiger partial charge in [0.15, 0.2) is 5.84 Å². The number of rotatable bonds is 9. The van der Waals surface area contributed by atoms with Gasteiger partial charge in [-0.25, -0.2) is 0 Å². The molecule has 0 radical (unpaired) electrons. The molecule has 4 rings (SSSR count). The van der Waals surface area contributed by atoms with Gasteiger partial charge in [-0.15, -0.1) is 0 Å². The lowest BCUT2D eigenvalue weighted by Crippen LogP contribution is -2.35. The molecule has 0 saturated heterocycles. The van der Waals surface area contributed by atoms with Crippen LogP contribution < -0.4 is 9.47 Å². The largest absolute Gasteiger partial charge is 0.490 e. The van der Waals surface area contributed by atoms with Crippen molar-refractivity contribution >= 4 is 39.8 Å². The van der Waals surface area contributed by atoms with E-state index in [0.717, 1.165) is 29.2 Å². The Balaban J connectivity index is 1.36. The van der Waals surface area contributed by atoms with Crippen molar-refractivity contribution in [3.63, 3.8) is 0 Å². The van der Waals surface area contributed by atoms with E-state index >= 15 is 0 Å². The number of carbonyl (C=O) groups excluding carboxylic acids is 1. The molecule has 0 unspecified atom stereocenters. The summed E-state index contributed by atoms with van der Waals surface area (Å²) >= 11 is 1.39. The molecule has 0 bridgehead atoms. The predicted molar refractivity (Wildman–Crippen MR) is 142 cm³/mol. The number of fused-ring (bicyclic) bond motifs is 1. The summed E-state index contributed by atoms with van der Waals surface area (Å²) in [5.74, 6) is 1.48. The van der Waals surface area contributed by atoms with Gasteiger partial charge in [0.2, 0.25) is 5.17 Å². The van der Waals surface area contributed by atoms with Crippen LogP contribution in [0.25, 0.3) is 6.08 Å². The fourth-order valence-corrected chi connectivity index (χ4v) is 4.92. The summed E-state index contributed by atoms with van der Waals surface area (Å²) in [4.78, 5) is 16.8. The Hall–Kier alpha value is -3.39. The van der Waals surface area contributed by atoms with E-state index in [1.54, 1.807) is 6.08 Å². The van der Waals surface area contributed by atoms with Crippen molar-refractivity contribution in [2.75, 3.05) is 13.2 Å². The lowest BCUT2D eigenvalue weighted by molar-refractivity contribution is -0.114. The normalized spacial score (nSPS) is 16.5. The van der Waals surface area contributed by atoms with E-state index in [2.05, 4.69) is 37.8 Å². The van der Waals surface area contributed by atoms with Crippen molar-refractivity contribution in [1.82, 2.24) is 5.01 Å². The molecule has 0 fully saturated rings. The third kappa shape index (κ3) is 5.65. The Morgan fingerprint density at radius 1 is 1.00 bits per heavy atom. The summed E-state index contributed by atoms with van der Waals surface area (Å²) < 4.78 is 11.5. The number of hydrogen-bond acceptors (Lipinski definition) is 6. The van der Waals surface area contributed by atoms with Crippen molar-refractivity contribution in [3.05, 3.63) is 64.7 Å². The molecule has 0 aliphatic carbocycles. The molecule has 8 heteroatoms. The standard InChI is InChI=1S/C27H30N4O3S/c1-5-20(6-2)26-30-31-24(28)23(25(32)29-27(31)35-26)16-19-8-11-21(12-9-19)33-13-14-34-22-10-7-17(3)18(4)15-22/h7-12,15-16,20,28H,5-6,13-14H2,1-4H3. The Kier molecular flexibility index (Phi) is 7.70. The van der Waals surface area contributed by atoms with Crippen LogP contribution in [0.2, 0.25) is 0 Å². The lowest BCUT2D eigenvalue weighted by Gasteiger charge is -2.20. The highest BCUT2D eigenvalue weighted by Gasteiger charge is 2.37. The summed E-state index contributed by atoms with van der Waals surface area (Å²) in [6, 6.07) is 13.4. The second kappa shape index (κ2) is 10.9. The quantitative estimate of drug-likeness (QED) is 0.354. The van der Waals surface area contributed by atoms with E-state index in [1.807, 2.05) is 42.5 Å². The summed E-state index contributed by atoms with van der Waals surface area (Å²) in [5, 5.41) is 16.0. The van der Waals surface area contributed by atoms with E-state index in [0.29, 0.717) is 30.0 Å². The van der Waals surface area contributed by atoms with Gasteiger partial charge in [0.05, 0.1) is 5.57 Å². The fraction of sp³-hybridized carbons (Fsp3) is 0.333. The van der Waals surface area contributed by atoms with Crippen LogP contribution in [0.15, 0.2) is 58.1 Å². The first-order valence-electron chi connectivity index (χ1n) is 11.8. The van der Waals surface area contributed by atoms with Gasteiger partial charge in [-0.3, -0.25) is 10.2 Å². The van der Waals surface area contributed by atoms with Crippen molar-refractivity contribution in [3.8, 4) is 11.5 Å². The second-order valence-electron chi connectivity index (χ2n) is 8.48. The molecule has 0 saturated carbocycles. The predicted octanol–water partition coefficient (Wildman–Crippen LogP) is 5.82. The maximum absolute atomic E-state index is 12.6. The van der Waals surface area contributed by atoms with E-state index in [9.17, 15) is 4.79 Å². The Morgan fingerprint density at radius 3 is 2.31 bits per heavy atom. The molecule has 1 N–H and O–H groups in total. The van der Waals surface area contributed by atoms with Crippen LogP contribution >= 0.6 is 11.8 Å². The van der Waals surface area contributed by atoms with Crippen molar-refractivity contribution in [2.45, 2.75) is 40.5 Å². The van der Waals surface area contributed by atoms with Gasteiger partial charge in [0, 0.05) is 5.92 Å². The topological polar surface area (TPSA) is 87.3 Å². The van der Waals surface area contributed by atoms with Crippen molar-refractivity contribution in [1.29, 1.82) is 5.41 Å². The molecule has 0 aromatic heterocycles. The number of hydrazone groups is 1. The monoisotopic (exact) mass is 490 g/mol. The van der Waals surface area contributed by atoms with Crippen LogP contribution in [0.4, 0.5) is 0 Å². The first-order chi connectivity index (χ1) is 16.9. The smallest absolute Gasteiger partial charge is 0.283 e. The SMILES string of the molecule is CCC(CC)C1=NN2C(=N)C(=Cc3ccc(OCCOc4ccc(C)c(C)c4)cc3)C(=O)N=C2S1. The zero-order valence-electron chi connectivity index (χ0n) is 20.5. The number of amidine groups is 2. The molecule has 182 valence electrons. The van der Waals surface area contributed by atoms with E-state index < -0.39 is 5.91 Å². The number of nitrogens with zero attached hydrogens (tertiary/aromatic N) is 3. The molecule has 2 aromatic carbocycles. The van der Waals surface area contributed by atoms with Crippen LogP contribution in [0.1, 0.15) is 43.4 Å². The van der Waals surface area contributed by atoms with Gasteiger partial charge >= 0.3 is 0 Å². The third-order valence-electron chi connectivity index (χ3n) is 6.10. The number of nitrogens with one attached hydrogen (secondary N) is 1. The summed E-state index contributed by atoms with van der Waals surface area (Å²) in [6.45, 7) is 9.22. The molecular weight excluding hydrogens is 460 g/mol. The van der Waals surface area contributed by atoms with Gasteiger partial charge in [0.1, 0.15) is 29.8 Å². The highest BCUT2D eigenvalue weighted by atomic mass is 32.2. The maximum atomic E-state index is 12.6. The number of amides is 1. The van der Waals surface area contributed by atoms with Crippen LogP contribution in [0.5, 0.6) is 11.5 Å². The minimum Gasteiger partial charge on any atom is -0.490 e. The van der Waals surface area contributed by atoms with Crippen LogP contribution in [0, 0.1) is 25.2 Å². The minimum atomic E-state index is -0.418. The van der Waals surface area contributed by atoms with Gasteiger partial charge in [-0.1, -0.05) is 32.0 Å². The van der Waals surface area contributed by atoms with Gasteiger partial charge in [0.25, 0.3) is 5.91 Å². The number of carbonyl (C=O) groups is 1. The number of thioether (sulfide) groups is 1. The summed E-state index contributed by atoms with van der Waals surface area (Å²) in [6.07, 6.45) is 3.59. The van der Waals surface area contributed by atoms with Crippen molar-refractivity contribution < 1.29 is 14.3 Å². The summed E-state index contributed by atoms with van der Waals surface area (Å²) in [5.41, 5.74) is 3.44. The number of benzene rings is 2. The van der Waals surface area contributed by atoms with Gasteiger partial charge in [-0.2, -0.15) is 15.1 Å².